The molecular formula is C8H17NO. The fourth-order valence-electron chi connectivity index (χ4n) is 1.35. The molecule has 1 fully saturated rings. The van der Waals surface area contributed by atoms with Gasteiger partial charge in [-0.15, -0.1) is 0 Å². The third-order valence-corrected chi connectivity index (χ3v) is 2.38. The summed E-state index contributed by atoms with van der Waals surface area (Å²) in [4.78, 5) is 0. The Bertz CT molecular complexity index is 108. The molecule has 2 heteroatoms. The average molecular weight is 143 g/mol. The highest BCUT2D eigenvalue weighted by molar-refractivity contribution is 4.85. The third-order valence-electron chi connectivity index (χ3n) is 2.38. The van der Waals surface area contributed by atoms with E-state index in [0.29, 0.717) is 5.41 Å². The lowest BCUT2D eigenvalue weighted by molar-refractivity contribution is 0.0975. The van der Waals surface area contributed by atoms with Crippen molar-refractivity contribution in [3.05, 3.63) is 0 Å². The molecule has 1 aliphatic rings. The molecular weight excluding hydrogens is 126 g/mol. The van der Waals surface area contributed by atoms with Gasteiger partial charge in [-0.2, -0.15) is 0 Å². The number of aliphatic hydroxyl groups is 1. The van der Waals surface area contributed by atoms with Crippen LogP contribution in [0, 0.1) is 5.41 Å². The Hall–Kier alpha value is -0.0800. The summed E-state index contributed by atoms with van der Waals surface area (Å²) in [6.45, 7) is 5.00. The Morgan fingerprint density at radius 3 is 2.50 bits per heavy atom. The number of hydrogen-bond acceptors (Lipinski definition) is 2. The molecule has 0 aromatic carbocycles. The first-order valence-electron chi connectivity index (χ1n) is 4.04. The molecule has 0 aliphatic heterocycles. The van der Waals surface area contributed by atoms with Crippen molar-refractivity contribution in [1.29, 1.82) is 0 Å². The van der Waals surface area contributed by atoms with Crippen LogP contribution in [0.3, 0.4) is 0 Å². The lowest BCUT2D eigenvalue weighted by Crippen LogP contribution is -2.40. The fraction of sp³-hybridized carbons (Fsp3) is 1.00. The molecule has 1 saturated carbocycles. The van der Waals surface area contributed by atoms with Gasteiger partial charge in [-0.25, -0.2) is 0 Å². The van der Waals surface area contributed by atoms with E-state index in [1.807, 2.05) is 0 Å². The smallest absolute Gasteiger partial charge is 0.102 e. The molecule has 0 unspecified atom stereocenters. The average Bonchev–Trinajstić information content (AvgIpc) is 1.79. The Balaban J connectivity index is 2.12. The molecule has 0 amide bonds. The van der Waals surface area contributed by atoms with Crippen molar-refractivity contribution in [1.82, 2.24) is 5.32 Å². The van der Waals surface area contributed by atoms with Gasteiger partial charge in [0, 0.05) is 6.54 Å². The second-order valence-electron chi connectivity index (χ2n) is 3.72. The van der Waals surface area contributed by atoms with E-state index in [2.05, 4.69) is 12.2 Å². The van der Waals surface area contributed by atoms with Crippen LogP contribution in [0.1, 0.15) is 33.1 Å². The molecule has 0 heterocycles. The first-order chi connectivity index (χ1) is 4.62. The van der Waals surface area contributed by atoms with Crippen LogP contribution in [0.5, 0.6) is 0 Å². The van der Waals surface area contributed by atoms with Crippen LogP contribution in [0.15, 0.2) is 0 Å². The summed E-state index contributed by atoms with van der Waals surface area (Å²) < 4.78 is 0. The molecule has 2 N–H and O–H groups in total. The first-order valence-corrected chi connectivity index (χ1v) is 4.04. The number of aliphatic hydroxyl groups excluding tert-OH is 1. The minimum Gasteiger partial charge on any atom is -0.379 e. The lowest BCUT2D eigenvalue weighted by atomic mass is 9.70. The zero-order valence-electron chi connectivity index (χ0n) is 6.85. The molecule has 1 aliphatic carbocycles. The Kier molecular flexibility index (Phi) is 2.32. The zero-order valence-corrected chi connectivity index (χ0v) is 6.85. The molecule has 0 aromatic heterocycles. The summed E-state index contributed by atoms with van der Waals surface area (Å²) in [5, 5.41) is 12.0. The van der Waals surface area contributed by atoms with Gasteiger partial charge in [-0.1, -0.05) is 13.3 Å². The van der Waals surface area contributed by atoms with Crippen LogP contribution in [-0.4, -0.2) is 17.9 Å². The maximum Gasteiger partial charge on any atom is 0.102 e. The van der Waals surface area contributed by atoms with Crippen molar-refractivity contribution in [2.45, 2.75) is 39.3 Å². The SMILES string of the molecule is C[C@H](O)NCC1(C)CCC1. The van der Waals surface area contributed by atoms with Gasteiger partial charge in [0.25, 0.3) is 0 Å². The van der Waals surface area contributed by atoms with E-state index in [1.54, 1.807) is 6.92 Å². The third kappa shape index (κ3) is 1.96. The molecule has 1 rings (SSSR count). The van der Waals surface area contributed by atoms with Crippen molar-refractivity contribution in [2.24, 2.45) is 5.41 Å². The Morgan fingerprint density at radius 2 is 2.20 bits per heavy atom. The summed E-state index contributed by atoms with van der Waals surface area (Å²) in [5.74, 6) is 0. The molecule has 0 saturated heterocycles. The second kappa shape index (κ2) is 2.89. The monoisotopic (exact) mass is 143 g/mol. The van der Waals surface area contributed by atoms with Crippen LogP contribution in [-0.2, 0) is 0 Å². The summed E-state index contributed by atoms with van der Waals surface area (Å²) in [6, 6.07) is 0. The van der Waals surface area contributed by atoms with Gasteiger partial charge in [0.2, 0.25) is 0 Å². The van der Waals surface area contributed by atoms with Gasteiger partial charge in [0.05, 0.1) is 0 Å². The first kappa shape index (κ1) is 8.02. The van der Waals surface area contributed by atoms with Gasteiger partial charge in [0.1, 0.15) is 6.23 Å². The largest absolute Gasteiger partial charge is 0.379 e. The van der Waals surface area contributed by atoms with Crippen molar-refractivity contribution in [3.63, 3.8) is 0 Å². The van der Waals surface area contributed by atoms with Gasteiger partial charge in [-0.05, 0) is 25.2 Å². The molecule has 0 spiro atoms. The molecule has 0 aromatic rings. The van der Waals surface area contributed by atoms with Crippen LogP contribution in [0.2, 0.25) is 0 Å². The van der Waals surface area contributed by atoms with E-state index in [-0.39, 0.29) is 6.23 Å². The highest BCUT2D eigenvalue weighted by Gasteiger charge is 2.31. The maximum absolute atomic E-state index is 8.92. The molecule has 60 valence electrons. The van der Waals surface area contributed by atoms with Gasteiger partial charge in [-0.3, -0.25) is 5.32 Å². The summed E-state index contributed by atoms with van der Waals surface area (Å²) in [7, 11) is 0. The van der Waals surface area contributed by atoms with Gasteiger partial charge >= 0.3 is 0 Å². The van der Waals surface area contributed by atoms with Crippen molar-refractivity contribution < 1.29 is 5.11 Å². The second-order valence-corrected chi connectivity index (χ2v) is 3.72. The van der Waals surface area contributed by atoms with Crippen LogP contribution in [0.4, 0.5) is 0 Å². The van der Waals surface area contributed by atoms with E-state index in [0.717, 1.165) is 6.54 Å². The summed E-state index contributed by atoms with van der Waals surface area (Å²) in [5.41, 5.74) is 0.483. The van der Waals surface area contributed by atoms with E-state index >= 15 is 0 Å². The van der Waals surface area contributed by atoms with E-state index in [4.69, 9.17) is 5.11 Å². The molecule has 0 radical (unpaired) electrons. The van der Waals surface area contributed by atoms with Crippen molar-refractivity contribution in [3.8, 4) is 0 Å². The summed E-state index contributed by atoms with van der Waals surface area (Å²) >= 11 is 0. The standard InChI is InChI=1S/C8H17NO/c1-7(10)9-6-8(2)4-3-5-8/h7,9-10H,3-6H2,1-2H3/t7-/m0/s1. The van der Waals surface area contributed by atoms with E-state index in [9.17, 15) is 0 Å². The zero-order chi connectivity index (χ0) is 7.61. The lowest BCUT2D eigenvalue weighted by Gasteiger charge is -2.38. The molecule has 2 nitrogen and oxygen atoms in total. The molecule has 0 bridgehead atoms. The normalized spacial score (nSPS) is 25.5. The molecule has 10 heavy (non-hydrogen) atoms. The highest BCUT2D eigenvalue weighted by Crippen LogP contribution is 2.39. The quantitative estimate of drug-likeness (QED) is 0.580. The van der Waals surface area contributed by atoms with Crippen LogP contribution >= 0.6 is 0 Å². The Morgan fingerprint density at radius 1 is 1.60 bits per heavy atom. The van der Waals surface area contributed by atoms with Gasteiger partial charge < -0.3 is 5.11 Å². The predicted molar refractivity (Wildman–Crippen MR) is 41.6 cm³/mol. The predicted octanol–water partition coefficient (Wildman–Crippen LogP) is 1.10. The minimum atomic E-state index is -0.350. The van der Waals surface area contributed by atoms with Crippen molar-refractivity contribution in [2.75, 3.05) is 6.54 Å². The number of rotatable bonds is 3. The topological polar surface area (TPSA) is 32.3 Å². The highest BCUT2D eigenvalue weighted by atomic mass is 16.3. The van der Waals surface area contributed by atoms with Crippen molar-refractivity contribution >= 4 is 0 Å². The Labute approximate surface area is 62.6 Å². The van der Waals surface area contributed by atoms with E-state index < -0.39 is 0 Å². The van der Waals surface area contributed by atoms with Crippen LogP contribution < -0.4 is 5.32 Å². The fourth-order valence-corrected chi connectivity index (χ4v) is 1.35. The number of hydrogen-bond donors (Lipinski definition) is 2. The van der Waals surface area contributed by atoms with E-state index in [1.165, 1.54) is 19.3 Å². The maximum atomic E-state index is 8.92. The minimum absolute atomic E-state index is 0.350. The molecule has 1 atom stereocenters. The summed E-state index contributed by atoms with van der Waals surface area (Å²) in [6.07, 6.45) is 3.63. The van der Waals surface area contributed by atoms with Crippen LogP contribution in [0.25, 0.3) is 0 Å². The number of nitrogens with one attached hydrogen (secondary N) is 1. The van der Waals surface area contributed by atoms with Gasteiger partial charge in [0.15, 0.2) is 0 Å².